The summed E-state index contributed by atoms with van der Waals surface area (Å²) in [6, 6.07) is 15.9. The van der Waals surface area contributed by atoms with Crippen LogP contribution in [0.1, 0.15) is 18.4 Å². The molecule has 0 aromatic heterocycles. The number of methoxy groups -OCH3 is 2. The number of benzene rings is 2. The minimum absolute atomic E-state index is 0.0709. The maximum Gasteiger partial charge on any atom is 0.321 e. The van der Waals surface area contributed by atoms with E-state index in [-0.39, 0.29) is 6.03 Å². The van der Waals surface area contributed by atoms with E-state index in [2.05, 4.69) is 29.6 Å². The van der Waals surface area contributed by atoms with E-state index in [0.717, 1.165) is 32.4 Å². The first-order valence-electron chi connectivity index (χ1n) is 9.01. The molecule has 2 aromatic carbocycles. The van der Waals surface area contributed by atoms with E-state index in [1.165, 1.54) is 5.56 Å². The van der Waals surface area contributed by atoms with Gasteiger partial charge in [-0.25, -0.2) is 4.79 Å². The Morgan fingerprint density at radius 2 is 1.65 bits per heavy atom. The lowest BCUT2D eigenvalue weighted by atomic mass is 9.90. The SMILES string of the molecule is COc1cc(NC(=O)N2CCC(Cc3ccccc3)CC2)cc(OC)c1. The summed E-state index contributed by atoms with van der Waals surface area (Å²) in [5.74, 6) is 1.95. The summed E-state index contributed by atoms with van der Waals surface area (Å²) in [5, 5.41) is 2.95. The second-order valence-electron chi connectivity index (χ2n) is 6.65. The van der Waals surface area contributed by atoms with E-state index in [1.54, 1.807) is 32.4 Å². The van der Waals surface area contributed by atoms with Crippen molar-refractivity contribution in [3.63, 3.8) is 0 Å². The van der Waals surface area contributed by atoms with Crippen LogP contribution < -0.4 is 14.8 Å². The van der Waals surface area contributed by atoms with E-state index >= 15 is 0 Å². The molecule has 1 N–H and O–H groups in total. The molecule has 2 amide bonds. The lowest BCUT2D eigenvalue weighted by molar-refractivity contribution is 0.182. The zero-order valence-corrected chi connectivity index (χ0v) is 15.4. The number of amides is 2. The molecule has 0 saturated carbocycles. The quantitative estimate of drug-likeness (QED) is 0.876. The first-order valence-corrected chi connectivity index (χ1v) is 9.01. The number of nitrogens with one attached hydrogen (secondary N) is 1. The summed E-state index contributed by atoms with van der Waals surface area (Å²) in [6.45, 7) is 1.56. The number of rotatable bonds is 5. The highest BCUT2D eigenvalue weighted by Crippen LogP contribution is 2.27. The number of likely N-dealkylation sites (tertiary alicyclic amines) is 1. The molecule has 2 aromatic rings. The molecule has 0 spiro atoms. The normalized spacial score (nSPS) is 14.8. The Kier molecular flexibility index (Phi) is 6.00. The number of nitrogens with zero attached hydrogens (tertiary/aromatic N) is 1. The van der Waals surface area contributed by atoms with Gasteiger partial charge in [0.05, 0.1) is 14.2 Å². The van der Waals surface area contributed by atoms with Gasteiger partial charge in [-0.1, -0.05) is 30.3 Å². The summed E-state index contributed by atoms with van der Waals surface area (Å²) in [7, 11) is 3.19. The van der Waals surface area contributed by atoms with Gasteiger partial charge in [0.25, 0.3) is 0 Å². The number of hydrogen-bond acceptors (Lipinski definition) is 3. The molecule has 26 heavy (non-hydrogen) atoms. The number of hydrogen-bond donors (Lipinski definition) is 1. The zero-order chi connectivity index (χ0) is 18.4. The van der Waals surface area contributed by atoms with E-state index < -0.39 is 0 Å². The third-order valence-electron chi connectivity index (χ3n) is 4.87. The number of anilines is 1. The molecular formula is C21H26N2O3. The van der Waals surface area contributed by atoms with Crippen LogP contribution in [0.5, 0.6) is 11.5 Å². The van der Waals surface area contributed by atoms with Crippen LogP contribution in [0, 0.1) is 5.92 Å². The van der Waals surface area contributed by atoms with E-state index in [4.69, 9.17) is 9.47 Å². The second kappa shape index (κ2) is 8.61. The molecule has 5 heteroatoms. The maximum atomic E-state index is 12.6. The van der Waals surface area contributed by atoms with Gasteiger partial charge in [0.1, 0.15) is 11.5 Å². The molecule has 0 unspecified atom stereocenters. The van der Waals surface area contributed by atoms with Crippen LogP contribution in [0.3, 0.4) is 0 Å². The van der Waals surface area contributed by atoms with Crippen molar-refractivity contribution in [1.82, 2.24) is 4.90 Å². The standard InChI is InChI=1S/C21H26N2O3/c1-25-19-13-18(14-20(15-19)26-2)22-21(24)23-10-8-17(9-11-23)12-16-6-4-3-5-7-16/h3-7,13-15,17H,8-12H2,1-2H3,(H,22,24). The van der Waals surface area contributed by atoms with Gasteiger partial charge in [-0.15, -0.1) is 0 Å². The number of carbonyl (C=O) groups excluding carboxylic acids is 1. The van der Waals surface area contributed by atoms with Gasteiger partial charge in [0, 0.05) is 37.0 Å². The molecule has 0 atom stereocenters. The lowest BCUT2D eigenvalue weighted by Crippen LogP contribution is -2.41. The average Bonchev–Trinajstić information content (AvgIpc) is 2.69. The van der Waals surface area contributed by atoms with E-state index in [9.17, 15) is 4.79 Å². The molecule has 1 heterocycles. The minimum atomic E-state index is -0.0709. The molecule has 5 nitrogen and oxygen atoms in total. The predicted octanol–water partition coefficient (Wildman–Crippen LogP) is 4.19. The molecule has 1 saturated heterocycles. The van der Waals surface area contributed by atoms with Crippen molar-refractivity contribution in [2.45, 2.75) is 19.3 Å². The second-order valence-corrected chi connectivity index (χ2v) is 6.65. The van der Waals surface area contributed by atoms with Crippen molar-refractivity contribution in [1.29, 1.82) is 0 Å². The van der Waals surface area contributed by atoms with Crippen molar-refractivity contribution in [2.24, 2.45) is 5.92 Å². The molecule has 1 aliphatic heterocycles. The van der Waals surface area contributed by atoms with Crippen LogP contribution in [0.15, 0.2) is 48.5 Å². The summed E-state index contributed by atoms with van der Waals surface area (Å²) in [4.78, 5) is 14.4. The van der Waals surface area contributed by atoms with E-state index in [0.29, 0.717) is 23.1 Å². The highest BCUT2D eigenvalue weighted by molar-refractivity contribution is 5.89. The largest absolute Gasteiger partial charge is 0.497 e. The minimum Gasteiger partial charge on any atom is -0.497 e. The fourth-order valence-electron chi connectivity index (χ4n) is 3.37. The number of ether oxygens (including phenoxy) is 2. The average molecular weight is 354 g/mol. The Morgan fingerprint density at radius 3 is 2.23 bits per heavy atom. The van der Waals surface area contributed by atoms with Gasteiger partial charge in [-0.05, 0) is 30.7 Å². The monoisotopic (exact) mass is 354 g/mol. The Bertz CT molecular complexity index is 703. The molecule has 0 bridgehead atoms. The van der Waals surface area contributed by atoms with Crippen LogP contribution in [0.25, 0.3) is 0 Å². The van der Waals surface area contributed by atoms with Crippen molar-refractivity contribution in [2.75, 3.05) is 32.6 Å². The van der Waals surface area contributed by atoms with E-state index in [1.807, 2.05) is 11.0 Å². The van der Waals surface area contributed by atoms with Crippen LogP contribution >= 0.6 is 0 Å². The summed E-state index contributed by atoms with van der Waals surface area (Å²) >= 11 is 0. The van der Waals surface area contributed by atoms with Crippen LogP contribution in [0.4, 0.5) is 10.5 Å². The smallest absolute Gasteiger partial charge is 0.321 e. The molecule has 138 valence electrons. The van der Waals surface area contributed by atoms with Gasteiger partial charge in [0.15, 0.2) is 0 Å². The number of urea groups is 1. The highest BCUT2D eigenvalue weighted by atomic mass is 16.5. The van der Waals surface area contributed by atoms with Crippen molar-refractivity contribution < 1.29 is 14.3 Å². The molecule has 3 rings (SSSR count). The molecular weight excluding hydrogens is 328 g/mol. The molecule has 0 radical (unpaired) electrons. The van der Waals surface area contributed by atoms with Crippen LogP contribution in [0.2, 0.25) is 0 Å². The third-order valence-corrected chi connectivity index (χ3v) is 4.87. The van der Waals surface area contributed by atoms with Crippen LogP contribution in [-0.4, -0.2) is 38.2 Å². The van der Waals surface area contributed by atoms with Gasteiger partial charge in [0.2, 0.25) is 0 Å². The van der Waals surface area contributed by atoms with Crippen molar-refractivity contribution in [3.8, 4) is 11.5 Å². The fourth-order valence-corrected chi connectivity index (χ4v) is 3.37. The Morgan fingerprint density at radius 1 is 1.04 bits per heavy atom. The lowest BCUT2D eigenvalue weighted by Gasteiger charge is -2.32. The summed E-state index contributed by atoms with van der Waals surface area (Å²) in [6.07, 6.45) is 3.15. The fraction of sp³-hybridized carbons (Fsp3) is 0.381. The van der Waals surface area contributed by atoms with Gasteiger partial charge >= 0.3 is 6.03 Å². The van der Waals surface area contributed by atoms with Crippen LogP contribution in [-0.2, 0) is 6.42 Å². The van der Waals surface area contributed by atoms with Gasteiger partial charge in [-0.2, -0.15) is 0 Å². The molecule has 1 aliphatic rings. The Labute approximate surface area is 154 Å². The number of carbonyl (C=O) groups is 1. The predicted molar refractivity (Wildman–Crippen MR) is 103 cm³/mol. The van der Waals surface area contributed by atoms with Gasteiger partial charge in [-0.3, -0.25) is 0 Å². The van der Waals surface area contributed by atoms with Crippen molar-refractivity contribution >= 4 is 11.7 Å². The Hall–Kier alpha value is -2.69. The first kappa shape index (κ1) is 18.1. The zero-order valence-electron chi connectivity index (χ0n) is 15.4. The topological polar surface area (TPSA) is 50.8 Å². The summed E-state index contributed by atoms with van der Waals surface area (Å²) in [5.41, 5.74) is 2.05. The molecule has 0 aliphatic carbocycles. The summed E-state index contributed by atoms with van der Waals surface area (Å²) < 4.78 is 10.5. The highest BCUT2D eigenvalue weighted by Gasteiger charge is 2.23. The first-order chi connectivity index (χ1) is 12.7. The number of piperidine rings is 1. The van der Waals surface area contributed by atoms with Crippen molar-refractivity contribution in [3.05, 3.63) is 54.1 Å². The van der Waals surface area contributed by atoms with Gasteiger partial charge < -0.3 is 19.7 Å². The maximum absolute atomic E-state index is 12.6. The molecule has 1 fully saturated rings. The Balaban J connectivity index is 1.54. The third kappa shape index (κ3) is 4.69.